The highest BCUT2D eigenvalue weighted by Gasteiger charge is 2.17. The fourth-order valence-corrected chi connectivity index (χ4v) is 2.71. The smallest absolute Gasteiger partial charge is 0.262 e. The first-order chi connectivity index (χ1) is 11.1. The third-order valence-corrected chi connectivity index (χ3v) is 3.90. The van der Waals surface area contributed by atoms with E-state index in [-0.39, 0.29) is 18.4 Å². The molecule has 2 aromatic rings. The lowest BCUT2D eigenvalue weighted by Gasteiger charge is -2.18. The average Bonchev–Trinajstić information content (AvgIpc) is 2.54. The van der Waals surface area contributed by atoms with Crippen LogP contribution in [0.4, 0.5) is 11.4 Å². The largest absolute Gasteiger partial charge is 0.496 e. The lowest BCUT2D eigenvalue weighted by atomic mass is 10.2. The maximum absolute atomic E-state index is 12.3. The van der Waals surface area contributed by atoms with E-state index in [4.69, 9.17) is 9.47 Å². The number of rotatable bonds is 3. The third-order valence-electron chi connectivity index (χ3n) is 3.28. The van der Waals surface area contributed by atoms with Crippen LogP contribution in [0.15, 0.2) is 40.9 Å². The van der Waals surface area contributed by atoms with Crippen molar-refractivity contribution in [1.82, 2.24) is 0 Å². The molecule has 2 amide bonds. The molecule has 3 rings (SSSR count). The maximum Gasteiger partial charge on any atom is 0.262 e. The van der Waals surface area contributed by atoms with Crippen LogP contribution >= 0.6 is 15.9 Å². The Labute approximate surface area is 140 Å². The fourth-order valence-electron chi connectivity index (χ4n) is 2.17. The van der Waals surface area contributed by atoms with Crippen LogP contribution in [0.2, 0.25) is 0 Å². The van der Waals surface area contributed by atoms with Crippen LogP contribution in [0.3, 0.4) is 0 Å². The molecule has 2 N–H and O–H groups in total. The molecule has 1 heterocycles. The number of benzene rings is 2. The van der Waals surface area contributed by atoms with Crippen LogP contribution < -0.4 is 20.1 Å². The SMILES string of the molecule is COc1ccc(C(=O)Nc2ccc3c(c2)NC(=O)CO3)cc1Br. The highest BCUT2D eigenvalue weighted by Crippen LogP contribution is 2.31. The molecule has 0 saturated carbocycles. The Bertz CT molecular complexity index is 792. The van der Waals surface area contributed by atoms with Gasteiger partial charge in [-0.05, 0) is 52.3 Å². The van der Waals surface area contributed by atoms with Crippen molar-refractivity contribution in [3.8, 4) is 11.5 Å². The van der Waals surface area contributed by atoms with Gasteiger partial charge in [0.05, 0.1) is 17.3 Å². The van der Waals surface area contributed by atoms with E-state index in [0.717, 1.165) is 0 Å². The molecule has 6 nitrogen and oxygen atoms in total. The predicted octanol–water partition coefficient (Wildman–Crippen LogP) is 3.04. The molecule has 7 heteroatoms. The Morgan fingerprint density at radius 1 is 1.30 bits per heavy atom. The maximum atomic E-state index is 12.3. The van der Waals surface area contributed by atoms with Gasteiger partial charge in [0.1, 0.15) is 11.5 Å². The van der Waals surface area contributed by atoms with E-state index < -0.39 is 0 Å². The highest BCUT2D eigenvalue weighted by molar-refractivity contribution is 9.10. The van der Waals surface area contributed by atoms with E-state index in [1.165, 1.54) is 0 Å². The zero-order valence-electron chi connectivity index (χ0n) is 12.2. The second kappa shape index (κ2) is 6.29. The van der Waals surface area contributed by atoms with Crippen molar-refractivity contribution in [2.75, 3.05) is 24.4 Å². The summed E-state index contributed by atoms with van der Waals surface area (Å²) in [6.45, 7) is -0.00141. The summed E-state index contributed by atoms with van der Waals surface area (Å²) in [6, 6.07) is 10.1. The molecule has 0 spiro atoms. The molecular weight excluding hydrogens is 364 g/mol. The fraction of sp³-hybridized carbons (Fsp3) is 0.125. The quantitative estimate of drug-likeness (QED) is 0.862. The monoisotopic (exact) mass is 376 g/mol. The lowest BCUT2D eigenvalue weighted by molar-refractivity contribution is -0.118. The number of carbonyl (C=O) groups excluding carboxylic acids is 2. The van der Waals surface area contributed by atoms with Gasteiger partial charge < -0.3 is 20.1 Å². The van der Waals surface area contributed by atoms with Gasteiger partial charge in [-0.15, -0.1) is 0 Å². The van der Waals surface area contributed by atoms with E-state index in [1.807, 2.05) is 0 Å². The van der Waals surface area contributed by atoms with Gasteiger partial charge in [0.15, 0.2) is 6.61 Å². The average molecular weight is 377 g/mol. The summed E-state index contributed by atoms with van der Waals surface area (Å²) in [5, 5.41) is 5.48. The number of nitrogens with one attached hydrogen (secondary N) is 2. The van der Waals surface area contributed by atoms with Crippen molar-refractivity contribution in [1.29, 1.82) is 0 Å². The summed E-state index contributed by atoms with van der Waals surface area (Å²) in [5.74, 6) is 0.737. The van der Waals surface area contributed by atoms with Crippen LogP contribution in [0.25, 0.3) is 0 Å². The minimum atomic E-state index is -0.267. The van der Waals surface area contributed by atoms with E-state index in [1.54, 1.807) is 43.5 Å². The molecule has 23 heavy (non-hydrogen) atoms. The number of hydrogen-bond acceptors (Lipinski definition) is 4. The number of methoxy groups -OCH3 is 1. The molecule has 0 aromatic heterocycles. The summed E-state index contributed by atoms with van der Waals surface area (Å²) in [6.07, 6.45) is 0. The van der Waals surface area contributed by atoms with Crippen LogP contribution in [0.1, 0.15) is 10.4 Å². The lowest BCUT2D eigenvalue weighted by Crippen LogP contribution is -2.25. The summed E-state index contributed by atoms with van der Waals surface area (Å²) in [4.78, 5) is 23.6. The van der Waals surface area contributed by atoms with E-state index in [0.29, 0.717) is 32.9 Å². The van der Waals surface area contributed by atoms with Crippen molar-refractivity contribution in [3.05, 3.63) is 46.4 Å². The van der Waals surface area contributed by atoms with Gasteiger partial charge in [-0.3, -0.25) is 9.59 Å². The van der Waals surface area contributed by atoms with E-state index >= 15 is 0 Å². The van der Waals surface area contributed by atoms with Crippen molar-refractivity contribution < 1.29 is 19.1 Å². The Morgan fingerprint density at radius 3 is 2.87 bits per heavy atom. The Kier molecular flexibility index (Phi) is 4.20. The predicted molar refractivity (Wildman–Crippen MR) is 89.2 cm³/mol. The molecule has 0 bridgehead atoms. The van der Waals surface area contributed by atoms with Crippen LogP contribution in [-0.2, 0) is 4.79 Å². The Balaban J connectivity index is 1.79. The summed E-state index contributed by atoms with van der Waals surface area (Å²) in [5.41, 5.74) is 1.58. The van der Waals surface area contributed by atoms with Gasteiger partial charge in [-0.25, -0.2) is 0 Å². The Morgan fingerprint density at radius 2 is 2.13 bits per heavy atom. The summed E-state index contributed by atoms with van der Waals surface area (Å²) < 4.78 is 11.1. The third kappa shape index (κ3) is 3.29. The minimum absolute atomic E-state index is 0.00141. The van der Waals surface area contributed by atoms with Gasteiger partial charge in [0, 0.05) is 11.3 Å². The molecule has 118 valence electrons. The van der Waals surface area contributed by atoms with Crippen molar-refractivity contribution in [3.63, 3.8) is 0 Å². The molecule has 1 aliphatic rings. The first-order valence-corrected chi connectivity index (χ1v) is 7.58. The van der Waals surface area contributed by atoms with Crippen LogP contribution in [-0.4, -0.2) is 25.5 Å². The minimum Gasteiger partial charge on any atom is -0.496 e. The zero-order chi connectivity index (χ0) is 16.4. The van der Waals surface area contributed by atoms with Crippen molar-refractivity contribution >= 4 is 39.1 Å². The van der Waals surface area contributed by atoms with Crippen LogP contribution in [0.5, 0.6) is 11.5 Å². The summed E-state index contributed by atoms with van der Waals surface area (Å²) in [7, 11) is 1.56. The van der Waals surface area contributed by atoms with E-state index in [9.17, 15) is 9.59 Å². The molecule has 0 saturated heterocycles. The van der Waals surface area contributed by atoms with Gasteiger partial charge in [-0.1, -0.05) is 0 Å². The molecule has 0 radical (unpaired) electrons. The number of hydrogen-bond donors (Lipinski definition) is 2. The van der Waals surface area contributed by atoms with E-state index in [2.05, 4.69) is 26.6 Å². The number of halogens is 1. The normalized spacial score (nSPS) is 12.7. The van der Waals surface area contributed by atoms with Crippen molar-refractivity contribution in [2.45, 2.75) is 0 Å². The number of carbonyl (C=O) groups is 2. The molecule has 0 atom stereocenters. The molecule has 0 aliphatic carbocycles. The van der Waals surface area contributed by atoms with Crippen molar-refractivity contribution in [2.24, 2.45) is 0 Å². The molecule has 0 unspecified atom stereocenters. The number of ether oxygens (including phenoxy) is 2. The van der Waals surface area contributed by atoms with Crippen LogP contribution in [0, 0.1) is 0 Å². The molecule has 2 aromatic carbocycles. The first kappa shape index (κ1) is 15.4. The number of anilines is 2. The highest BCUT2D eigenvalue weighted by atomic mass is 79.9. The topological polar surface area (TPSA) is 76.7 Å². The second-order valence-electron chi connectivity index (χ2n) is 4.85. The standard InChI is InChI=1S/C16H13BrN2O4/c1-22-13-4-2-9(6-11(13)17)16(21)18-10-3-5-14-12(7-10)19-15(20)8-23-14/h2-7H,8H2,1H3,(H,18,21)(H,19,20). The Hall–Kier alpha value is -2.54. The summed E-state index contributed by atoms with van der Waals surface area (Å²) >= 11 is 3.35. The van der Waals surface area contributed by atoms with Gasteiger partial charge in [-0.2, -0.15) is 0 Å². The van der Waals surface area contributed by atoms with Gasteiger partial charge in [0.2, 0.25) is 0 Å². The second-order valence-corrected chi connectivity index (χ2v) is 5.71. The first-order valence-electron chi connectivity index (χ1n) is 6.78. The van der Waals surface area contributed by atoms with Gasteiger partial charge in [0.25, 0.3) is 11.8 Å². The molecule has 1 aliphatic heterocycles. The number of amides is 2. The molecular formula is C16H13BrN2O4. The number of fused-ring (bicyclic) bond motifs is 1. The van der Waals surface area contributed by atoms with Gasteiger partial charge >= 0.3 is 0 Å². The zero-order valence-corrected chi connectivity index (χ0v) is 13.8. The molecule has 0 fully saturated rings.